The van der Waals surface area contributed by atoms with E-state index in [1.165, 1.54) is 7.11 Å². The highest BCUT2D eigenvalue weighted by Gasteiger charge is 2.22. The SMILES string of the molecule is CCn1ncc(OC)c1C(=O)c1ccc(Cl)cc1Br. The maximum Gasteiger partial charge on any atom is 0.215 e. The Balaban J connectivity index is 2.52. The highest BCUT2D eigenvalue weighted by molar-refractivity contribution is 9.10. The molecule has 2 aromatic rings. The molecule has 4 nitrogen and oxygen atoms in total. The molecule has 0 unspecified atom stereocenters. The molecule has 0 radical (unpaired) electrons. The number of carbonyl (C=O) groups is 1. The summed E-state index contributed by atoms with van der Waals surface area (Å²) >= 11 is 9.23. The Morgan fingerprint density at radius 1 is 1.53 bits per heavy atom. The van der Waals surface area contributed by atoms with Crippen molar-refractivity contribution in [2.75, 3.05) is 7.11 Å². The molecule has 100 valence electrons. The van der Waals surface area contributed by atoms with Crippen LogP contribution in [0.5, 0.6) is 5.75 Å². The molecule has 0 spiro atoms. The minimum Gasteiger partial charge on any atom is -0.493 e. The Hall–Kier alpha value is -1.33. The Bertz CT molecular complexity index is 604. The number of rotatable bonds is 4. The molecule has 0 aliphatic heterocycles. The van der Waals surface area contributed by atoms with Gasteiger partial charge in [-0.1, -0.05) is 11.6 Å². The largest absolute Gasteiger partial charge is 0.493 e. The fourth-order valence-corrected chi connectivity index (χ4v) is 2.65. The third kappa shape index (κ3) is 2.67. The second kappa shape index (κ2) is 5.75. The molecule has 1 aromatic heterocycles. The van der Waals surface area contributed by atoms with Crippen LogP contribution >= 0.6 is 27.5 Å². The van der Waals surface area contributed by atoms with Gasteiger partial charge >= 0.3 is 0 Å². The van der Waals surface area contributed by atoms with Crippen molar-refractivity contribution in [2.24, 2.45) is 0 Å². The van der Waals surface area contributed by atoms with E-state index in [0.29, 0.717) is 33.0 Å². The minimum atomic E-state index is -0.153. The highest BCUT2D eigenvalue weighted by atomic mass is 79.9. The van der Waals surface area contributed by atoms with Gasteiger partial charge in [0, 0.05) is 21.6 Å². The summed E-state index contributed by atoms with van der Waals surface area (Å²) in [5, 5.41) is 4.70. The number of ketones is 1. The van der Waals surface area contributed by atoms with E-state index in [2.05, 4.69) is 21.0 Å². The number of aromatic nitrogens is 2. The molecule has 0 atom stereocenters. The predicted molar refractivity (Wildman–Crippen MR) is 77.0 cm³/mol. The first-order valence-electron chi connectivity index (χ1n) is 5.68. The first-order valence-corrected chi connectivity index (χ1v) is 6.85. The number of ether oxygens (including phenoxy) is 1. The van der Waals surface area contributed by atoms with E-state index < -0.39 is 0 Å². The van der Waals surface area contributed by atoms with Crippen molar-refractivity contribution in [3.8, 4) is 5.75 Å². The number of aryl methyl sites for hydroxylation is 1. The van der Waals surface area contributed by atoms with Crippen LogP contribution in [0.25, 0.3) is 0 Å². The first-order chi connectivity index (χ1) is 9.08. The minimum absolute atomic E-state index is 0.153. The number of methoxy groups -OCH3 is 1. The van der Waals surface area contributed by atoms with Crippen LogP contribution in [0.4, 0.5) is 0 Å². The summed E-state index contributed by atoms with van der Waals surface area (Å²) < 4.78 is 7.45. The summed E-state index contributed by atoms with van der Waals surface area (Å²) in [6.07, 6.45) is 1.54. The molecule has 0 N–H and O–H groups in total. The summed E-state index contributed by atoms with van der Waals surface area (Å²) in [6, 6.07) is 5.05. The third-order valence-corrected chi connectivity index (χ3v) is 3.61. The van der Waals surface area contributed by atoms with Gasteiger partial charge in [-0.3, -0.25) is 9.48 Å². The van der Waals surface area contributed by atoms with Crippen molar-refractivity contribution in [2.45, 2.75) is 13.5 Å². The zero-order valence-corrected chi connectivity index (χ0v) is 12.8. The second-order valence-corrected chi connectivity index (χ2v) is 5.12. The maximum atomic E-state index is 12.6. The lowest BCUT2D eigenvalue weighted by Gasteiger charge is -2.08. The average molecular weight is 344 g/mol. The Morgan fingerprint density at radius 2 is 2.26 bits per heavy atom. The molecule has 2 rings (SSSR count). The number of hydrogen-bond donors (Lipinski definition) is 0. The van der Waals surface area contributed by atoms with Crippen LogP contribution in [0, 0.1) is 0 Å². The Kier molecular flexibility index (Phi) is 4.27. The standard InChI is InChI=1S/C13H12BrClN2O2/c1-3-17-12(11(19-2)7-16-17)13(18)9-5-4-8(15)6-10(9)14/h4-7H,3H2,1-2H3. The lowest BCUT2D eigenvalue weighted by atomic mass is 10.1. The van der Waals surface area contributed by atoms with Crippen molar-refractivity contribution in [1.29, 1.82) is 0 Å². The van der Waals surface area contributed by atoms with E-state index in [9.17, 15) is 4.79 Å². The van der Waals surface area contributed by atoms with Gasteiger partial charge in [0.1, 0.15) is 0 Å². The molecule has 1 aromatic carbocycles. The van der Waals surface area contributed by atoms with Crippen LogP contribution in [0.15, 0.2) is 28.9 Å². The van der Waals surface area contributed by atoms with Crippen LogP contribution < -0.4 is 4.74 Å². The molecular weight excluding hydrogens is 332 g/mol. The molecular formula is C13H12BrClN2O2. The maximum absolute atomic E-state index is 12.6. The van der Waals surface area contributed by atoms with Crippen LogP contribution in [-0.2, 0) is 6.54 Å². The van der Waals surface area contributed by atoms with Crippen LogP contribution in [0.2, 0.25) is 5.02 Å². The van der Waals surface area contributed by atoms with Crippen molar-refractivity contribution >= 4 is 33.3 Å². The topological polar surface area (TPSA) is 44.1 Å². The molecule has 0 saturated carbocycles. The monoisotopic (exact) mass is 342 g/mol. The lowest BCUT2D eigenvalue weighted by Crippen LogP contribution is -2.12. The van der Waals surface area contributed by atoms with E-state index in [1.807, 2.05) is 6.92 Å². The number of benzene rings is 1. The van der Waals surface area contributed by atoms with Gasteiger partial charge in [0.2, 0.25) is 5.78 Å². The average Bonchev–Trinajstić information content (AvgIpc) is 2.80. The molecule has 1 heterocycles. The van der Waals surface area contributed by atoms with Crippen LogP contribution in [-0.4, -0.2) is 22.7 Å². The zero-order chi connectivity index (χ0) is 14.0. The van der Waals surface area contributed by atoms with Crippen molar-refractivity contribution < 1.29 is 9.53 Å². The number of nitrogens with zero attached hydrogens (tertiary/aromatic N) is 2. The van der Waals surface area contributed by atoms with Gasteiger partial charge in [-0.15, -0.1) is 0 Å². The molecule has 0 amide bonds. The van der Waals surface area contributed by atoms with E-state index in [0.717, 1.165) is 0 Å². The first kappa shape index (κ1) is 14.1. The van der Waals surface area contributed by atoms with Gasteiger partial charge in [-0.25, -0.2) is 0 Å². The number of halogens is 2. The van der Waals surface area contributed by atoms with Gasteiger partial charge < -0.3 is 4.74 Å². The van der Waals surface area contributed by atoms with Crippen molar-refractivity contribution in [1.82, 2.24) is 9.78 Å². The fraction of sp³-hybridized carbons (Fsp3) is 0.231. The summed E-state index contributed by atoms with van der Waals surface area (Å²) in [7, 11) is 1.52. The Morgan fingerprint density at radius 3 is 2.84 bits per heavy atom. The van der Waals surface area contributed by atoms with E-state index >= 15 is 0 Å². The third-order valence-electron chi connectivity index (χ3n) is 2.72. The molecule has 0 bridgehead atoms. The van der Waals surface area contributed by atoms with Crippen LogP contribution in [0.1, 0.15) is 23.0 Å². The molecule has 0 aliphatic rings. The van der Waals surface area contributed by atoms with Gasteiger partial charge in [-0.2, -0.15) is 5.10 Å². The fourth-order valence-electron chi connectivity index (χ4n) is 1.79. The summed E-state index contributed by atoms with van der Waals surface area (Å²) in [5.74, 6) is 0.313. The van der Waals surface area contributed by atoms with Crippen molar-refractivity contribution in [3.63, 3.8) is 0 Å². The normalized spacial score (nSPS) is 10.5. The van der Waals surface area contributed by atoms with Gasteiger partial charge in [0.15, 0.2) is 11.4 Å². The van der Waals surface area contributed by atoms with Gasteiger partial charge in [0.05, 0.1) is 13.3 Å². The second-order valence-electron chi connectivity index (χ2n) is 3.83. The lowest BCUT2D eigenvalue weighted by molar-refractivity contribution is 0.102. The zero-order valence-electron chi connectivity index (χ0n) is 10.5. The highest BCUT2D eigenvalue weighted by Crippen LogP contribution is 2.27. The Labute approximate surface area is 124 Å². The molecule has 19 heavy (non-hydrogen) atoms. The van der Waals surface area contributed by atoms with Gasteiger partial charge in [0.25, 0.3) is 0 Å². The molecule has 0 fully saturated rings. The van der Waals surface area contributed by atoms with Crippen LogP contribution in [0.3, 0.4) is 0 Å². The summed E-state index contributed by atoms with van der Waals surface area (Å²) in [4.78, 5) is 12.6. The number of carbonyl (C=O) groups excluding carboxylic acids is 1. The van der Waals surface area contributed by atoms with Gasteiger partial charge in [-0.05, 0) is 41.1 Å². The van der Waals surface area contributed by atoms with Crippen molar-refractivity contribution in [3.05, 3.63) is 45.1 Å². The smallest absolute Gasteiger partial charge is 0.215 e. The van der Waals surface area contributed by atoms with E-state index in [4.69, 9.17) is 16.3 Å². The molecule has 6 heteroatoms. The number of hydrogen-bond acceptors (Lipinski definition) is 3. The predicted octanol–water partition coefficient (Wildman–Crippen LogP) is 3.56. The van der Waals surface area contributed by atoms with E-state index in [-0.39, 0.29) is 5.78 Å². The molecule has 0 aliphatic carbocycles. The quantitative estimate of drug-likeness (QED) is 0.797. The van der Waals surface area contributed by atoms with E-state index in [1.54, 1.807) is 29.1 Å². The molecule has 0 saturated heterocycles. The summed E-state index contributed by atoms with van der Waals surface area (Å²) in [6.45, 7) is 2.51. The summed E-state index contributed by atoms with van der Waals surface area (Å²) in [5.41, 5.74) is 0.964.